The van der Waals surface area contributed by atoms with Crippen molar-refractivity contribution < 1.29 is 9.90 Å². The van der Waals surface area contributed by atoms with Gasteiger partial charge in [0.25, 0.3) is 0 Å². The summed E-state index contributed by atoms with van der Waals surface area (Å²) in [7, 11) is 1.85. The third-order valence-electron chi connectivity index (χ3n) is 4.44. The van der Waals surface area contributed by atoms with E-state index in [9.17, 15) is 9.90 Å². The summed E-state index contributed by atoms with van der Waals surface area (Å²) in [4.78, 5) is 13.7. The van der Waals surface area contributed by atoms with E-state index in [1.807, 2.05) is 7.05 Å². The molecule has 0 aromatic carbocycles. The Labute approximate surface area is 103 Å². The lowest BCUT2D eigenvalue weighted by molar-refractivity contribution is -0.129. The summed E-state index contributed by atoms with van der Waals surface area (Å²) in [6.07, 6.45) is 5.12. The zero-order chi connectivity index (χ0) is 12.5. The Morgan fingerprint density at radius 3 is 2.53 bits per heavy atom. The second-order valence-electron chi connectivity index (χ2n) is 5.87. The van der Waals surface area contributed by atoms with E-state index in [2.05, 4.69) is 12.2 Å². The Bertz CT molecular complexity index is 285. The van der Waals surface area contributed by atoms with E-state index >= 15 is 0 Å². The summed E-state index contributed by atoms with van der Waals surface area (Å²) in [6.45, 7) is 3.23. The van der Waals surface area contributed by atoms with Crippen molar-refractivity contribution in [3.8, 4) is 0 Å². The van der Waals surface area contributed by atoms with Crippen LogP contribution in [-0.2, 0) is 4.79 Å². The zero-order valence-corrected chi connectivity index (χ0v) is 10.9. The average Bonchev–Trinajstić information content (AvgIpc) is 2.64. The third-order valence-corrected chi connectivity index (χ3v) is 4.44. The first-order chi connectivity index (χ1) is 8.06. The van der Waals surface area contributed by atoms with Crippen LogP contribution in [-0.4, -0.2) is 47.7 Å². The van der Waals surface area contributed by atoms with Gasteiger partial charge in [-0.1, -0.05) is 6.92 Å². The largest absolute Gasteiger partial charge is 0.394 e. The van der Waals surface area contributed by atoms with Crippen molar-refractivity contribution in [3.05, 3.63) is 0 Å². The highest BCUT2D eigenvalue weighted by Gasteiger charge is 2.39. The number of nitrogens with one attached hydrogen (secondary N) is 1. The van der Waals surface area contributed by atoms with Crippen LogP contribution in [0.15, 0.2) is 0 Å². The van der Waals surface area contributed by atoms with Gasteiger partial charge in [0, 0.05) is 19.1 Å². The maximum absolute atomic E-state index is 11.9. The van der Waals surface area contributed by atoms with Crippen LogP contribution >= 0.6 is 0 Å². The van der Waals surface area contributed by atoms with Crippen LogP contribution in [0.2, 0.25) is 0 Å². The molecular weight excluding hydrogens is 216 g/mol. The molecule has 4 heteroatoms. The molecule has 0 aromatic rings. The first-order valence-electron chi connectivity index (χ1n) is 6.70. The molecule has 1 amide bonds. The highest BCUT2D eigenvalue weighted by Crippen LogP contribution is 2.32. The van der Waals surface area contributed by atoms with Gasteiger partial charge < -0.3 is 10.0 Å². The molecule has 17 heavy (non-hydrogen) atoms. The molecule has 1 saturated carbocycles. The van der Waals surface area contributed by atoms with Gasteiger partial charge in [0.1, 0.15) is 0 Å². The van der Waals surface area contributed by atoms with Crippen LogP contribution < -0.4 is 5.32 Å². The number of nitrogens with zero attached hydrogens (tertiary/aromatic N) is 1. The summed E-state index contributed by atoms with van der Waals surface area (Å²) in [5, 5.41) is 13.1. The summed E-state index contributed by atoms with van der Waals surface area (Å²) >= 11 is 0. The molecule has 1 atom stereocenters. The van der Waals surface area contributed by atoms with Crippen molar-refractivity contribution in [3.63, 3.8) is 0 Å². The van der Waals surface area contributed by atoms with E-state index in [1.54, 1.807) is 4.90 Å². The number of likely N-dealkylation sites (tertiary alicyclic amines) is 1. The van der Waals surface area contributed by atoms with E-state index in [1.165, 1.54) is 0 Å². The molecule has 1 unspecified atom stereocenters. The Hall–Kier alpha value is -0.610. The molecule has 1 aliphatic carbocycles. The Kier molecular flexibility index (Phi) is 3.73. The number of aliphatic hydroxyl groups excluding tert-OH is 1. The minimum atomic E-state index is -0.210. The van der Waals surface area contributed by atoms with Crippen LogP contribution in [0.5, 0.6) is 0 Å². The second-order valence-corrected chi connectivity index (χ2v) is 5.87. The highest BCUT2D eigenvalue weighted by atomic mass is 16.3. The fourth-order valence-corrected chi connectivity index (χ4v) is 2.99. The van der Waals surface area contributed by atoms with E-state index in [0.29, 0.717) is 0 Å². The predicted octanol–water partition coefficient (Wildman–Crippen LogP) is 0.748. The van der Waals surface area contributed by atoms with Gasteiger partial charge >= 0.3 is 0 Å². The van der Waals surface area contributed by atoms with Crippen LogP contribution in [0, 0.1) is 5.92 Å². The van der Waals surface area contributed by atoms with Crippen molar-refractivity contribution >= 4 is 5.91 Å². The maximum Gasteiger partial charge on any atom is 0.239 e. The highest BCUT2D eigenvalue weighted by molar-refractivity contribution is 5.83. The molecule has 4 nitrogen and oxygen atoms in total. The summed E-state index contributed by atoms with van der Waals surface area (Å²) in [5.74, 6) is 0.926. The van der Waals surface area contributed by atoms with Crippen molar-refractivity contribution in [1.29, 1.82) is 0 Å². The lowest BCUT2D eigenvalue weighted by Gasteiger charge is -2.40. The van der Waals surface area contributed by atoms with Crippen LogP contribution in [0.1, 0.15) is 39.0 Å². The van der Waals surface area contributed by atoms with Crippen molar-refractivity contribution in [2.45, 2.75) is 50.6 Å². The van der Waals surface area contributed by atoms with Gasteiger partial charge in [0.2, 0.25) is 5.91 Å². The Morgan fingerprint density at radius 1 is 1.41 bits per heavy atom. The fraction of sp³-hybridized carbons (Fsp3) is 0.923. The van der Waals surface area contributed by atoms with Gasteiger partial charge in [0.05, 0.1) is 12.6 Å². The monoisotopic (exact) mass is 240 g/mol. The van der Waals surface area contributed by atoms with Crippen molar-refractivity contribution in [1.82, 2.24) is 10.2 Å². The average molecular weight is 240 g/mol. The number of likely N-dealkylation sites (N-methyl/N-ethyl adjacent to an activating group) is 1. The molecule has 2 rings (SSSR count). The maximum atomic E-state index is 11.9. The van der Waals surface area contributed by atoms with Gasteiger partial charge in [-0.15, -0.1) is 0 Å². The van der Waals surface area contributed by atoms with Crippen LogP contribution in [0.25, 0.3) is 0 Å². The Balaban J connectivity index is 1.98. The number of hydrogen-bond acceptors (Lipinski definition) is 3. The number of hydrogen-bond donors (Lipinski definition) is 2. The van der Waals surface area contributed by atoms with Gasteiger partial charge in [0.15, 0.2) is 0 Å². The molecule has 0 aromatic heterocycles. The molecular formula is C13H24N2O2. The predicted molar refractivity (Wildman–Crippen MR) is 66.6 cm³/mol. The second kappa shape index (κ2) is 4.94. The molecule has 2 aliphatic rings. The van der Waals surface area contributed by atoms with Crippen LogP contribution in [0.4, 0.5) is 0 Å². The SMILES string of the molecule is CC1CCC(CO)(NC2CCN(C)C2=O)CC1. The lowest BCUT2D eigenvalue weighted by atomic mass is 9.77. The molecule has 1 saturated heterocycles. The van der Waals surface area contributed by atoms with Gasteiger partial charge in [-0.25, -0.2) is 0 Å². The number of rotatable bonds is 3. The smallest absolute Gasteiger partial charge is 0.239 e. The molecule has 0 spiro atoms. The van der Waals surface area contributed by atoms with E-state index < -0.39 is 0 Å². The Morgan fingerprint density at radius 2 is 2.06 bits per heavy atom. The minimum absolute atomic E-state index is 0.0828. The number of aliphatic hydroxyl groups is 1. The zero-order valence-electron chi connectivity index (χ0n) is 10.9. The number of carbonyl (C=O) groups excluding carboxylic acids is 1. The minimum Gasteiger partial charge on any atom is -0.394 e. The third kappa shape index (κ3) is 2.63. The van der Waals surface area contributed by atoms with E-state index in [4.69, 9.17) is 0 Å². The first-order valence-corrected chi connectivity index (χ1v) is 6.70. The summed E-state index contributed by atoms with van der Waals surface area (Å²) in [6, 6.07) is -0.0828. The van der Waals surface area contributed by atoms with Gasteiger partial charge in [-0.05, 0) is 38.0 Å². The number of carbonyl (C=O) groups is 1. The van der Waals surface area contributed by atoms with Gasteiger partial charge in [-0.2, -0.15) is 0 Å². The van der Waals surface area contributed by atoms with Crippen LogP contribution in [0.3, 0.4) is 0 Å². The van der Waals surface area contributed by atoms with E-state index in [-0.39, 0.29) is 24.1 Å². The molecule has 1 aliphatic heterocycles. The lowest BCUT2D eigenvalue weighted by Crippen LogP contribution is -2.56. The van der Waals surface area contributed by atoms with Crippen molar-refractivity contribution in [2.75, 3.05) is 20.2 Å². The van der Waals surface area contributed by atoms with Crippen molar-refractivity contribution in [2.24, 2.45) is 5.92 Å². The standard InChI is InChI=1S/C13H24N2O2/c1-10-3-6-13(9-16,7-4-10)14-11-5-8-15(2)12(11)17/h10-11,14,16H,3-9H2,1-2H3. The van der Waals surface area contributed by atoms with E-state index in [0.717, 1.165) is 44.6 Å². The molecule has 98 valence electrons. The number of amides is 1. The molecule has 1 heterocycles. The first kappa shape index (κ1) is 12.8. The normalized spacial score (nSPS) is 38.8. The fourth-order valence-electron chi connectivity index (χ4n) is 2.99. The summed E-state index contributed by atoms with van der Waals surface area (Å²) < 4.78 is 0. The molecule has 2 N–H and O–H groups in total. The van der Waals surface area contributed by atoms with Gasteiger partial charge in [-0.3, -0.25) is 10.1 Å². The summed E-state index contributed by atoms with van der Waals surface area (Å²) in [5.41, 5.74) is -0.210. The molecule has 0 bridgehead atoms. The topological polar surface area (TPSA) is 52.6 Å². The quantitative estimate of drug-likeness (QED) is 0.765. The molecule has 0 radical (unpaired) electrons. The molecule has 2 fully saturated rings.